The van der Waals surface area contributed by atoms with Crippen LogP contribution in [0.1, 0.15) is 58.4 Å². The van der Waals surface area contributed by atoms with Gasteiger partial charge in [-0.2, -0.15) is 0 Å². The number of thioether (sulfide) groups is 1. The zero-order valence-corrected chi connectivity index (χ0v) is 17.5. The van der Waals surface area contributed by atoms with Gasteiger partial charge in [-0.1, -0.05) is 17.8 Å². The van der Waals surface area contributed by atoms with E-state index in [2.05, 4.69) is 39.7 Å². The maximum absolute atomic E-state index is 12.1. The first-order chi connectivity index (χ1) is 13.5. The smallest absolute Gasteiger partial charge is 0.192 e. The number of aromatic nitrogens is 4. The minimum Gasteiger partial charge on any atom is -0.299 e. The average molecular weight is 393 g/mol. The Morgan fingerprint density at radius 2 is 2.00 bits per heavy atom. The van der Waals surface area contributed by atoms with Gasteiger partial charge in [0.05, 0.1) is 0 Å². The van der Waals surface area contributed by atoms with E-state index in [0.29, 0.717) is 6.04 Å². The number of carbonyl (C=O) groups is 1. The quantitative estimate of drug-likeness (QED) is 0.432. The summed E-state index contributed by atoms with van der Waals surface area (Å²) in [5.74, 6) is 1.79. The second kappa shape index (κ2) is 7.51. The summed E-state index contributed by atoms with van der Waals surface area (Å²) in [6.07, 6.45) is 5.93. The molecule has 2 heterocycles. The Morgan fingerprint density at radius 1 is 1.21 bits per heavy atom. The number of benzene rings is 1. The Hall–Kier alpha value is -2.47. The number of rotatable bonds is 6. The van der Waals surface area contributed by atoms with E-state index in [1.807, 2.05) is 25.3 Å². The van der Waals surface area contributed by atoms with Crippen LogP contribution in [0.5, 0.6) is 0 Å². The monoisotopic (exact) mass is 392 g/mol. The third-order valence-electron chi connectivity index (χ3n) is 5.32. The zero-order valence-electron chi connectivity index (χ0n) is 16.7. The standard InChI is InChI=1S/C22H24N4OS/c1-13-10-14(2)20(16(4)27)15(3)19(13)12-28-22-25-24-21(26(22)18-7-8-18)17-6-5-9-23-11-17/h5-6,9-11,18H,7-8,12H2,1-4H3. The van der Waals surface area contributed by atoms with E-state index in [4.69, 9.17) is 0 Å². The van der Waals surface area contributed by atoms with Gasteiger partial charge in [0.25, 0.3) is 0 Å². The summed E-state index contributed by atoms with van der Waals surface area (Å²) in [6.45, 7) is 7.83. The number of hydrogen-bond acceptors (Lipinski definition) is 5. The highest BCUT2D eigenvalue weighted by atomic mass is 32.2. The highest BCUT2D eigenvalue weighted by Crippen LogP contribution is 2.41. The van der Waals surface area contributed by atoms with Gasteiger partial charge in [-0.05, 0) is 74.9 Å². The van der Waals surface area contributed by atoms with Crippen LogP contribution in [0, 0.1) is 20.8 Å². The lowest BCUT2D eigenvalue weighted by atomic mass is 9.92. The SMILES string of the molecule is CC(=O)c1c(C)cc(C)c(CSc2nnc(-c3cccnc3)n2C2CC2)c1C. The molecule has 144 valence electrons. The number of pyridine rings is 1. The normalized spacial score (nSPS) is 13.7. The number of carbonyl (C=O) groups excluding carboxylic acids is 1. The average Bonchev–Trinajstić information content (AvgIpc) is 3.41. The van der Waals surface area contributed by atoms with Gasteiger partial charge in [0, 0.05) is 35.3 Å². The van der Waals surface area contributed by atoms with E-state index in [9.17, 15) is 4.79 Å². The molecule has 0 spiro atoms. The molecular formula is C22H24N4OS. The van der Waals surface area contributed by atoms with Crippen LogP contribution in [0.15, 0.2) is 35.7 Å². The van der Waals surface area contributed by atoms with Crippen molar-refractivity contribution in [3.8, 4) is 11.4 Å². The number of aryl methyl sites for hydroxylation is 2. The molecule has 1 aliphatic carbocycles. The molecular weight excluding hydrogens is 368 g/mol. The maximum Gasteiger partial charge on any atom is 0.192 e. The predicted octanol–water partition coefficient (Wildman–Crippen LogP) is 5.10. The van der Waals surface area contributed by atoms with Crippen molar-refractivity contribution < 1.29 is 4.79 Å². The van der Waals surface area contributed by atoms with E-state index in [0.717, 1.165) is 51.8 Å². The van der Waals surface area contributed by atoms with Crippen molar-refractivity contribution in [2.24, 2.45) is 0 Å². The van der Waals surface area contributed by atoms with Gasteiger partial charge in [0.2, 0.25) is 0 Å². The first-order valence-corrected chi connectivity index (χ1v) is 10.5. The van der Waals surface area contributed by atoms with Crippen molar-refractivity contribution in [3.05, 3.63) is 58.4 Å². The first kappa shape index (κ1) is 18.9. The summed E-state index contributed by atoms with van der Waals surface area (Å²) >= 11 is 1.70. The molecule has 5 nitrogen and oxygen atoms in total. The number of ketones is 1. The molecule has 1 aromatic carbocycles. The second-order valence-electron chi connectivity index (χ2n) is 7.48. The third kappa shape index (κ3) is 3.49. The Bertz CT molecular complexity index is 1040. The van der Waals surface area contributed by atoms with Gasteiger partial charge in [-0.15, -0.1) is 10.2 Å². The van der Waals surface area contributed by atoms with Gasteiger partial charge < -0.3 is 0 Å². The molecule has 2 aromatic heterocycles. The van der Waals surface area contributed by atoms with Crippen molar-refractivity contribution in [1.29, 1.82) is 0 Å². The minimum atomic E-state index is 0.126. The van der Waals surface area contributed by atoms with Crippen LogP contribution in [0.4, 0.5) is 0 Å². The van der Waals surface area contributed by atoms with E-state index >= 15 is 0 Å². The summed E-state index contributed by atoms with van der Waals surface area (Å²) in [5.41, 5.74) is 6.42. The number of nitrogens with zero attached hydrogens (tertiary/aromatic N) is 4. The van der Waals surface area contributed by atoms with E-state index < -0.39 is 0 Å². The fourth-order valence-electron chi connectivity index (χ4n) is 3.86. The van der Waals surface area contributed by atoms with Gasteiger partial charge in [-0.3, -0.25) is 14.3 Å². The summed E-state index contributed by atoms with van der Waals surface area (Å²) in [5, 5.41) is 9.88. The molecule has 0 aliphatic heterocycles. The van der Waals surface area contributed by atoms with E-state index in [1.54, 1.807) is 24.9 Å². The molecule has 0 radical (unpaired) electrons. The Morgan fingerprint density at radius 3 is 2.64 bits per heavy atom. The lowest BCUT2D eigenvalue weighted by Gasteiger charge is -2.16. The third-order valence-corrected chi connectivity index (χ3v) is 6.29. The van der Waals surface area contributed by atoms with Gasteiger partial charge in [0.1, 0.15) is 0 Å². The molecule has 0 saturated heterocycles. The molecule has 6 heteroatoms. The summed E-state index contributed by atoms with van der Waals surface area (Å²) in [6, 6.07) is 6.54. The molecule has 0 N–H and O–H groups in total. The minimum absolute atomic E-state index is 0.126. The zero-order chi connectivity index (χ0) is 19.8. The number of hydrogen-bond donors (Lipinski definition) is 0. The van der Waals surface area contributed by atoms with Crippen molar-refractivity contribution in [1.82, 2.24) is 19.7 Å². The topological polar surface area (TPSA) is 60.7 Å². The fourth-order valence-corrected chi connectivity index (χ4v) is 5.05. The lowest BCUT2D eigenvalue weighted by Crippen LogP contribution is -2.06. The maximum atomic E-state index is 12.1. The Kier molecular flexibility index (Phi) is 5.06. The van der Waals surface area contributed by atoms with E-state index in [1.165, 1.54) is 11.1 Å². The van der Waals surface area contributed by atoms with Crippen molar-refractivity contribution in [2.45, 2.75) is 57.5 Å². The van der Waals surface area contributed by atoms with Crippen molar-refractivity contribution in [2.75, 3.05) is 0 Å². The Labute approximate surface area is 169 Å². The van der Waals surface area contributed by atoms with Gasteiger partial charge in [0.15, 0.2) is 16.8 Å². The van der Waals surface area contributed by atoms with E-state index in [-0.39, 0.29) is 5.78 Å². The molecule has 1 saturated carbocycles. The molecule has 28 heavy (non-hydrogen) atoms. The molecule has 0 bridgehead atoms. The molecule has 1 aliphatic rings. The van der Waals surface area contributed by atoms with Crippen molar-refractivity contribution in [3.63, 3.8) is 0 Å². The molecule has 3 aromatic rings. The first-order valence-electron chi connectivity index (χ1n) is 9.56. The molecule has 1 fully saturated rings. The van der Waals surface area contributed by atoms with Crippen molar-refractivity contribution >= 4 is 17.5 Å². The van der Waals surface area contributed by atoms with Crippen LogP contribution in [0.3, 0.4) is 0 Å². The molecule has 0 atom stereocenters. The van der Waals surface area contributed by atoms with Crippen LogP contribution >= 0.6 is 11.8 Å². The fraction of sp³-hybridized carbons (Fsp3) is 0.364. The highest BCUT2D eigenvalue weighted by Gasteiger charge is 2.30. The Balaban J connectivity index is 1.66. The number of Topliss-reactive ketones (excluding diaryl/α,β-unsaturated/α-hetero) is 1. The highest BCUT2D eigenvalue weighted by molar-refractivity contribution is 7.98. The van der Waals surface area contributed by atoms with Crippen LogP contribution in [0.25, 0.3) is 11.4 Å². The van der Waals surface area contributed by atoms with Crippen LogP contribution in [0.2, 0.25) is 0 Å². The predicted molar refractivity (Wildman–Crippen MR) is 112 cm³/mol. The molecule has 0 unspecified atom stereocenters. The van der Waals surface area contributed by atoms with Crippen LogP contribution in [-0.2, 0) is 5.75 Å². The summed E-state index contributed by atoms with van der Waals surface area (Å²) in [4.78, 5) is 16.3. The second-order valence-corrected chi connectivity index (χ2v) is 8.43. The molecule has 0 amide bonds. The largest absolute Gasteiger partial charge is 0.299 e. The van der Waals surface area contributed by atoms with Gasteiger partial charge >= 0.3 is 0 Å². The summed E-state index contributed by atoms with van der Waals surface area (Å²) < 4.78 is 2.26. The van der Waals surface area contributed by atoms with Crippen LogP contribution in [-0.4, -0.2) is 25.5 Å². The lowest BCUT2D eigenvalue weighted by molar-refractivity contribution is 0.101. The van der Waals surface area contributed by atoms with Gasteiger partial charge in [-0.25, -0.2) is 0 Å². The summed E-state index contributed by atoms with van der Waals surface area (Å²) in [7, 11) is 0. The van der Waals surface area contributed by atoms with Crippen LogP contribution < -0.4 is 0 Å². The molecule has 4 rings (SSSR count).